The third-order valence-electron chi connectivity index (χ3n) is 9.32. The zero-order valence-electron chi connectivity index (χ0n) is 34.4. The Bertz CT molecular complexity index is 1140. The zero-order chi connectivity index (χ0) is 37.8. The van der Waals surface area contributed by atoms with E-state index in [1.165, 1.54) is 68.8 Å². The molecule has 0 aromatic heterocycles. The predicted octanol–water partition coefficient (Wildman–Crippen LogP) is 6.82. The molecule has 52 heavy (non-hydrogen) atoms. The van der Waals surface area contributed by atoms with Crippen LogP contribution in [0.5, 0.6) is 0 Å². The van der Waals surface area contributed by atoms with E-state index in [1.807, 2.05) is 18.2 Å². The van der Waals surface area contributed by atoms with Gasteiger partial charge in [0.05, 0.1) is 22.3 Å². The first-order valence-electron chi connectivity index (χ1n) is 18.9. The second-order valence-electron chi connectivity index (χ2n) is 12.6. The fourth-order valence-electron chi connectivity index (χ4n) is 4.75. The van der Waals surface area contributed by atoms with Gasteiger partial charge in [0, 0.05) is 66.7 Å². The summed E-state index contributed by atoms with van der Waals surface area (Å²) in [6, 6.07) is 7.09. The number of hydrogen-bond donors (Lipinski definition) is 1. The van der Waals surface area contributed by atoms with Crippen LogP contribution in [0.3, 0.4) is 0 Å². The average Bonchev–Trinajstić information content (AvgIpc) is 3.13. The molecule has 0 saturated carbocycles. The zero-order valence-corrected chi connectivity index (χ0v) is 36.0. The van der Waals surface area contributed by atoms with Crippen molar-refractivity contribution in [3.05, 3.63) is 120 Å². The third-order valence-corrected chi connectivity index (χ3v) is 9.32. The van der Waals surface area contributed by atoms with Gasteiger partial charge in [-0.25, -0.2) is 4.79 Å². The van der Waals surface area contributed by atoms with E-state index in [9.17, 15) is 4.79 Å². The molecule has 2 aliphatic rings. The molecule has 1 aromatic rings. The lowest BCUT2D eigenvalue weighted by Gasteiger charge is -2.13. The van der Waals surface area contributed by atoms with Gasteiger partial charge in [-0.2, -0.15) is 0 Å². The van der Waals surface area contributed by atoms with E-state index in [-0.39, 0.29) is 32.2 Å². The summed E-state index contributed by atoms with van der Waals surface area (Å²) >= 11 is 0. The molecule has 298 valence electrons. The molecule has 0 fully saturated rings. The molecule has 0 bridgehead atoms. The lowest BCUT2D eigenvalue weighted by molar-refractivity contribution is -0.001000. The summed E-state index contributed by atoms with van der Waals surface area (Å²) in [4.78, 5) is 15.3. The summed E-state index contributed by atoms with van der Waals surface area (Å²) in [5.74, 6) is 0.978. The number of aromatic carboxylic acids is 1. The Morgan fingerprint density at radius 1 is 0.673 bits per heavy atom. The SMILES string of the molecule is C.C=C1C=CC(C(C)CC)=C[CH+]1.C=C1C=C[CH+]C(C(C)CC)=C1.CCC(C)c1ccc(C(=O)O)cc1.CCN(CC)CC.CCN(CC)CC.[Cl-].[Cl-]. The first kappa shape index (κ1) is 58.7. The number of rotatable bonds is 13. The number of nitrogens with zero attached hydrogens (tertiary/aromatic N) is 2. The number of allylic oxidation sites excluding steroid dienone is 10. The van der Waals surface area contributed by atoms with Crippen LogP contribution in [0.2, 0.25) is 0 Å². The van der Waals surface area contributed by atoms with Crippen molar-refractivity contribution in [2.45, 2.75) is 116 Å². The van der Waals surface area contributed by atoms with Crippen LogP contribution >= 0.6 is 0 Å². The molecular weight excluding hydrogens is 683 g/mol. The molecule has 3 unspecified atom stereocenters. The van der Waals surface area contributed by atoms with Gasteiger partial charge in [-0.1, -0.05) is 102 Å². The summed E-state index contributed by atoms with van der Waals surface area (Å²) in [7, 11) is 0. The summed E-state index contributed by atoms with van der Waals surface area (Å²) < 4.78 is 0. The van der Waals surface area contributed by atoms with E-state index < -0.39 is 5.97 Å². The smallest absolute Gasteiger partial charge is 0.335 e. The molecule has 0 saturated heterocycles. The van der Waals surface area contributed by atoms with Gasteiger partial charge in [0.15, 0.2) is 0 Å². The van der Waals surface area contributed by atoms with Crippen LogP contribution in [-0.2, 0) is 0 Å². The number of carboxylic acids is 1. The molecule has 0 aliphatic heterocycles. The second-order valence-corrected chi connectivity index (χ2v) is 12.6. The van der Waals surface area contributed by atoms with Crippen LogP contribution in [-0.4, -0.2) is 60.1 Å². The maximum absolute atomic E-state index is 10.6. The van der Waals surface area contributed by atoms with Crippen molar-refractivity contribution in [3.63, 3.8) is 0 Å². The van der Waals surface area contributed by atoms with Crippen molar-refractivity contribution in [1.82, 2.24) is 9.80 Å². The Kier molecular flexibility index (Phi) is 41.4. The highest BCUT2D eigenvalue weighted by atomic mass is 35.5. The maximum atomic E-state index is 10.6. The molecule has 2 aliphatic carbocycles. The highest BCUT2D eigenvalue weighted by Gasteiger charge is 2.15. The lowest BCUT2D eigenvalue weighted by atomic mass is 9.91. The molecule has 0 spiro atoms. The second kappa shape index (κ2) is 36.7. The molecule has 1 N–H and O–H groups in total. The topological polar surface area (TPSA) is 43.8 Å². The van der Waals surface area contributed by atoms with E-state index in [1.54, 1.807) is 12.1 Å². The van der Waals surface area contributed by atoms with Gasteiger partial charge in [0.1, 0.15) is 0 Å². The van der Waals surface area contributed by atoms with Gasteiger partial charge >= 0.3 is 5.97 Å². The Labute approximate surface area is 336 Å². The normalized spacial score (nSPS) is 14.0. The number of carbonyl (C=O) groups is 1. The lowest BCUT2D eigenvalue weighted by Crippen LogP contribution is -3.00. The molecule has 0 amide bonds. The van der Waals surface area contributed by atoms with E-state index in [0.29, 0.717) is 23.3 Å². The summed E-state index contributed by atoms with van der Waals surface area (Å²) in [5, 5.41) is 8.67. The van der Waals surface area contributed by atoms with Crippen molar-refractivity contribution in [2.75, 3.05) is 39.3 Å². The Morgan fingerprint density at radius 3 is 1.42 bits per heavy atom. The average molecular weight is 762 g/mol. The number of hydrogen-bond acceptors (Lipinski definition) is 3. The quantitative estimate of drug-likeness (QED) is 0.225. The van der Waals surface area contributed by atoms with Crippen molar-refractivity contribution in [2.24, 2.45) is 11.8 Å². The fraction of sp³-hybridized carbons (Fsp3) is 0.543. The standard InChI is InChI=1S/C11H14O2.2C11H15.2C6H15N.CH4.2ClH/c1-3-8(2)9-4-6-10(7-5-9)11(12)13;1-4-10(3)11-7-5-9(2)6-8-11;1-4-10(3)11-7-5-6-9(2)8-11;2*1-4-7(5-2)6-3;;;/h4-8H,3H2,1-2H3,(H,12,13);2*5-8,10H,2,4H2,1,3H3;2*4-6H2,1-3H3;1H4;2*1H/q;2*+1;;;;;/p-2. The van der Waals surface area contributed by atoms with Crippen molar-refractivity contribution < 1.29 is 34.7 Å². The highest BCUT2D eigenvalue weighted by molar-refractivity contribution is 5.87. The van der Waals surface area contributed by atoms with Crippen LogP contribution in [0.15, 0.2) is 96.2 Å². The van der Waals surface area contributed by atoms with Gasteiger partial charge in [-0.05, 0) is 95.6 Å². The van der Waals surface area contributed by atoms with Crippen LogP contribution in [0.1, 0.15) is 132 Å². The van der Waals surface area contributed by atoms with Crippen molar-refractivity contribution in [3.8, 4) is 0 Å². The molecule has 0 radical (unpaired) electrons. The van der Waals surface area contributed by atoms with Gasteiger partial charge < -0.3 is 39.7 Å². The van der Waals surface area contributed by atoms with Crippen LogP contribution in [0, 0.1) is 24.7 Å². The molecule has 3 rings (SSSR count). The molecule has 3 atom stereocenters. The van der Waals surface area contributed by atoms with E-state index in [0.717, 1.165) is 17.6 Å². The van der Waals surface area contributed by atoms with E-state index in [2.05, 4.69) is 149 Å². The maximum Gasteiger partial charge on any atom is 0.335 e. The monoisotopic (exact) mass is 761 g/mol. The highest BCUT2D eigenvalue weighted by Crippen LogP contribution is 2.23. The van der Waals surface area contributed by atoms with Crippen molar-refractivity contribution in [1.29, 1.82) is 0 Å². The number of benzene rings is 1. The minimum absolute atomic E-state index is 0. The van der Waals surface area contributed by atoms with E-state index >= 15 is 0 Å². The van der Waals surface area contributed by atoms with Crippen LogP contribution in [0.4, 0.5) is 0 Å². The Morgan fingerprint density at radius 2 is 1.12 bits per heavy atom. The van der Waals surface area contributed by atoms with Gasteiger partial charge in [0.2, 0.25) is 0 Å². The largest absolute Gasteiger partial charge is 1.00 e. The van der Waals surface area contributed by atoms with Crippen LogP contribution < -0.4 is 24.8 Å². The first-order chi connectivity index (χ1) is 23.3. The van der Waals surface area contributed by atoms with Gasteiger partial charge in [0.25, 0.3) is 0 Å². The minimum Gasteiger partial charge on any atom is -1.00 e. The third kappa shape index (κ3) is 27.0. The summed E-state index contributed by atoms with van der Waals surface area (Å²) in [6.07, 6.45) is 20.4. The number of carboxylic acid groups (broad SMARTS) is 1. The molecule has 1 aromatic carbocycles. The summed E-state index contributed by atoms with van der Waals surface area (Å²) in [6.45, 7) is 41.2. The van der Waals surface area contributed by atoms with Gasteiger partial charge in [-0.3, -0.25) is 0 Å². The Hall–Kier alpha value is -2.63. The molecule has 4 nitrogen and oxygen atoms in total. The molecule has 6 heteroatoms. The Balaban J connectivity index is -0.000000178. The minimum atomic E-state index is -0.865. The van der Waals surface area contributed by atoms with Crippen LogP contribution in [0.25, 0.3) is 0 Å². The number of halogens is 2. The predicted molar refractivity (Wildman–Crippen MR) is 226 cm³/mol. The van der Waals surface area contributed by atoms with E-state index in [4.69, 9.17) is 5.11 Å². The van der Waals surface area contributed by atoms with Crippen molar-refractivity contribution >= 4 is 5.97 Å². The molecule has 0 heterocycles. The first-order valence-corrected chi connectivity index (χ1v) is 18.9. The van der Waals surface area contributed by atoms with Gasteiger partial charge in [-0.15, -0.1) is 0 Å². The summed E-state index contributed by atoms with van der Waals surface area (Å²) in [5.41, 5.74) is 6.58. The fourth-order valence-corrected chi connectivity index (χ4v) is 4.75. The molecular formula is C46H78Cl2N2O2.